The number of ketones is 2. The average molecular weight is 558 g/mol. The smallest absolute Gasteiger partial charge is 0.255 e. The van der Waals surface area contributed by atoms with Crippen LogP contribution in [0.2, 0.25) is 0 Å². The third-order valence-electron chi connectivity index (χ3n) is 8.11. The number of aliphatic hydroxyl groups excluding tert-OH is 2. The molecule has 216 valence electrons. The second kappa shape index (κ2) is 9.82. The number of rotatable bonds is 6. The highest BCUT2D eigenvalue weighted by atomic mass is 16.3. The standard InChI is InChI=1S/C27H35N5O8/c1-30(2)15-9-14(29-10-16(33)31(3)4)21(34)18-12(15)7-11-8-13-20(32(5)6)23(36)19(26(28)39)25(38)27(13,40)24(37)17(11)22(18)35/h9,11,13,20,29,34-35,38,40H,7-8,10H2,1-6H3,(H2,28,39)/t11?,13?,20-,27?/m0/s1. The van der Waals surface area contributed by atoms with Gasteiger partial charge in [0.15, 0.2) is 11.4 Å². The van der Waals surface area contributed by atoms with Crippen LogP contribution in [0, 0.1) is 11.8 Å². The van der Waals surface area contributed by atoms with Crippen molar-refractivity contribution in [1.29, 1.82) is 0 Å². The van der Waals surface area contributed by atoms with Gasteiger partial charge >= 0.3 is 0 Å². The molecule has 3 unspecified atom stereocenters. The number of hydrogen-bond donors (Lipinski definition) is 6. The Bertz CT molecular complexity index is 1400. The number of fused-ring (bicyclic) bond motifs is 3. The van der Waals surface area contributed by atoms with Crippen molar-refractivity contribution in [1.82, 2.24) is 9.80 Å². The van der Waals surface area contributed by atoms with E-state index >= 15 is 0 Å². The number of Topliss-reactive ketones (excluding diaryl/α,β-unsaturated/α-hetero) is 2. The van der Waals surface area contributed by atoms with E-state index in [4.69, 9.17) is 5.73 Å². The van der Waals surface area contributed by atoms with E-state index < -0.39 is 63.8 Å². The summed E-state index contributed by atoms with van der Waals surface area (Å²) >= 11 is 0. The predicted octanol–water partition coefficient (Wildman–Crippen LogP) is -0.470. The van der Waals surface area contributed by atoms with Gasteiger partial charge in [-0.2, -0.15) is 0 Å². The van der Waals surface area contributed by atoms with E-state index in [1.54, 1.807) is 53.3 Å². The number of nitrogens with zero attached hydrogens (tertiary/aromatic N) is 3. The molecule has 0 aliphatic heterocycles. The quantitative estimate of drug-likeness (QED) is 0.195. The van der Waals surface area contributed by atoms with Gasteiger partial charge < -0.3 is 41.3 Å². The summed E-state index contributed by atoms with van der Waals surface area (Å²) in [5.74, 6) is -7.42. The van der Waals surface area contributed by atoms with Crippen LogP contribution in [-0.4, -0.2) is 114 Å². The number of hydrogen-bond acceptors (Lipinski definition) is 11. The van der Waals surface area contributed by atoms with Crippen LogP contribution in [0.3, 0.4) is 0 Å². The Balaban J connectivity index is 1.93. The van der Waals surface area contributed by atoms with E-state index in [0.29, 0.717) is 11.3 Å². The molecule has 13 heteroatoms. The lowest BCUT2D eigenvalue weighted by atomic mass is 9.57. The molecule has 13 nitrogen and oxygen atoms in total. The lowest BCUT2D eigenvalue weighted by Crippen LogP contribution is -2.65. The van der Waals surface area contributed by atoms with Crippen LogP contribution in [-0.2, 0) is 25.6 Å². The zero-order valence-electron chi connectivity index (χ0n) is 23.3. The first kappa shape index (κ1) is 28.9. The van der Waals surface area contributed by atoms with Crippen LogP contribution in [0.15, 0.2) is 23.0 Å². The van der Waals surface area contributed by atoms with E-state index in [1.165, 1.54) is 9.80 Å². The molecule has 4 rings (SSSR count). The minimum absolute atomic E-state index is 0.00324. The Morgan fingerprint density at radius 1 is 1.10 bits per heavy atom. The zero-order chi connectivity index (χ0) is 30.0. The number of aromatic hydroxyl groups is 1. The summed E-state index contributed by atoms with van der Waals surface area (Å²) in [7, 11) is 9.78. The zero-order valence-corrected chi connectivity index (χ0v) is 23.3. The molecular weight excluding hydrogens is 522 g/mol. The molecule has 4 atom stereocenters. The number of anilines is 2. The van der Waals surface area contributed by atoms with Crippen LogP contribution in [0.25, 0.3) is 5.76 Å². The average Bonchev–Trinajstić information content (AvgIpc) is 2.84. The number of nitrogens with two attached hydrogens (primary N) is 1. The van der Waals surface area contributed by atoms with Crippen molar-refractivity contribution in [2.24, 2.45) is 17.6 Å². The van der Waals surface area contributed by atoms with Gasteiger partial charge in [0.05, 0.1) is 23.8 Å². The fourth-order valence-electron chi connectivity index (χ4n) is 6.15. The van der Waals surface area contributed by atoms with E-state index in [2.05, 4.69) is 5.32 Å². The number of benzene rings is 1. The van der Waals surface area contributed by atoms with E-state index in [9.17, 15) is 39.6 Å². The highest BCUT2D eigenvalue weighted by molar-refractivity contribution is 6.24. The Hall–Kier alpha value is -4.10. The van der Waals surface area contributed by atoms with Crippen molar-refractivity contribution in [2.45, 2.75) is 24.5 Å². The van der Waals surface area contributed by atoms with E-state index in [0.717, 1.165) is 0 Å². The van der Waals surface area contributed by atoms with Gasteiger partial charge in [0.25, 0.3) is 5.91 Å². The first-order valence-corrected chi connectivity index (χ1v) is 12.7. The number of phenolic OH excluding ortho intramolecular Hbond substituents is 1. The molecule has 40 heavy (non-hydrogen) atoms. The molecule has 3 aliphatic carbocycles. The lowest BCUT2D eigenvalue weighted by Gasteiger charge is -2.50. The molecule has 1 aromatic rings. The first-order valence-electron chi connectivity index (χ1n) is 12.7. The lowest BCUT2D eigenvalue weighted by molar-refractivity contribution is -0.153. The summed E-state index contributed by atoms with van der Waals surface area (Å²) in [4.78, 5) is 56.1. The van der Waals surface area contributed by atoms with E-state index in [1.807, 2.05) is 0 Å². The number of aliphatic hydroxyl groups is 3. The third kappa shape index (κ3) is 4.07. The summed E-state index contributed by atoms with van der Waals surface area (Å²) in [6.07, 6.45) is 0.156. The van der Waals surface area contributed by atoms with E-state index in [-0.39, 0.29) is 42.1 Å². The number of carbonyl (C=O) groups excluding carboxylic acids is 4. The summed E-state index contributed by atoms with van der Waals surface area (Å²) in [5.41, 5.74) is 2.76. The topological polar surface area (TPSA) is 197 Å². The van der Waals surface area contributed by atoms with Gasteiger partial charge in [0, 0.05) is 45.4 Å². The summed E-state index contributed by atoms with van der Waals surface area (Å²) in [6.45, 7) is -0.152. The second-order valence-electron chi connectivity index (χ2n) is 11.1. The Morgan fingerprint density at radius 3 is 2.25 bits per heavy atom. The molecule has 1 fully saturated rings. The number of carbonyl (C=O) groups is 4. The Kier molecular flexibility index (Phi) is 7.10. The van der Waals surface area contributed by atoms with Crippen molar-refractivity contribution < 1.29 is 39.6 Å². The molecule has 0 saturated heterocycles. The molecule has 1 aromatic carbocycles. The molecule has 0 aromatic heterocycles. The van der Waals surface area contributed by atoms with Crippen molar-refractivity contribution in [3.05, 3.63) is 34.1 Å². The Morgan fingerprint density at radius 2 is 1.73 bits per heavy atom. The normalized spacial score (nSPS) is 25.9. The van der Waals surface area contributed by atoms with Gasteiger partial charge in [-0.05, 0) is 44.5 Å². The summed E-state index contributed by atoms with van der Waals surface area (Å²) in [6, 6.07) is 0.483. The molecular formula is C27H35N5O8. The number of likely N-dealkylation sites (N-methyl/N-ethyl adjacent to an activating group) is 2. The fraction of sp³-hybridized carbons (Fsp3) is 0.481. The molecule has 0 spiro atoms. The fourth-order valence-corrected chi connectivity index (χ4v) is 6.15. The monoisotopic (exact) mass is 557 g/mol. The minimum atomic E-state index is -2.71. The van der Waals surface area contributed by atoms with Gasteiger partial charge in [-0.3, -0.25) is 24.1 Å². The number of nitrogens with one attached hydrogen (secondary N) is 1. The molecule has 2 amide bonds. The van der Waals surface area contributed by atoms with Crippen LogP contribution < -0.4 is 16.0 Å². The highest BCUT2D eigenvalue weighted by Gasteiger charge is 2.64. The summed E-state index contributed by atoms with van der Waals surface area (Å²) < 4.78 is 0. The molecule has 0 radical (unpaired) electrons. The molecule has 3 aliphatic rings. The van der Waals surface area contributed by atoms with Crippen molar-refractivity contribution in [2.75, 3.05) is 59.0 Å². The maximum atomic E-state index is 14.0. The van der Waals surface area contributed by atoms with Gasteiger partial charge in [0.1, 0.15) is 22.8 Å². The largest absolute Gasteiger partial charge is 0.508 e. The number of primary amides is 1. The maximum Gasteiger partial charge on any atom is 0.255 e. The van der Waals surface area contributed by atoms with Crippen LogP contribution >= 0.6 is 0 Å². The van der Waals surface area contributed by atoms with Crippen LogP contribution in [0.1, 0.15) is 17.5 Å². The van der Waals surface area contributed by atoms with Gasteiger partial charge in [-0.25, -0.2) is 0 Å². The number of amides is 2. The molecule has 0 heterocycles. The SMILES string of the molecule is CN(C)C(=O)CNc1cc(N(C)C)c2c(c1O)C(O)=C1C(=O)C3(O)C(O)=C(C(N)=O)C(=O)[C@@H](N(C)C)C3CC1C2. The first-order chi connectivity index (χ1) is 18.5. The van der Waals surface area contributed by atoms with Gasteiger partial charge in [-0.15, -0.1) is 0 Å². The molecule has 1 saturated carbocycles. The van der Waals surface area contributed by atoms with Crippen LogP contribution in [0.4, 0.5) is 11.4 Å². The summed E-state index contributed by atoms with van der Waals surface area (Å²) in [5, 5.41) is 48.3. The number of phenols is 1. The van der Waals surface area contributed by atoms with Crippen molar-refractivity contribution in [3.8, 4) is 5.75 Å². The van der Waals surface area contributed by atoms with Crippen LogP contribution in [0.5, 0.6) is 5.75 Å². The van der Waals surface area contributed by atoms with Crippen molar-refractivity contribution in [3.63, 3.8) is 0 Å². The van der Waals surface area contributed by atoms with Gasteiger partial charge in [0.2, 0.25) is 11.7 Å². The van der Waals surface area contributed by atoms with Crippen molar-refractivity contribution >= 4 is 40.5 Å². The second-order valence-corrected chi connectivity index (χ2v) is 11.1. The maximum absolute atomic E-state index is 14.0. The Labute approximate surface area is 231 Å². The predicted molar refractivity (Wildman–Crippen MR) is 146 cm³/mol. The third-order valence-corrected chi connectivity index (χ3v) is 8.11. The minimum Gasteiger partial charge on any atom is -0.508 e. The highest BCUT2D eigenvalue weighted by Crippen LogP contribution is 2.54. The molecule has 7 N–H and O–H groups in total. The molecule has 0 bridgehead atoms. The van der Waals surface area contributed by atoms with Gasteiger partial charge in [-0.1, -0.05) is 0 Å².